The minimum atomic E-state index is 0.577. The quantitative estimate of drug-likeness (QED) is 0.712. The number of piperidine rings is 1. The van der Waals surface area contributed by atoms with Crippen LogP contribution in [0.1, 0.15) is 39.0 Å². The second-order valence-corrected chi connectivity index (χ2v) is 6.05. The van der Waals surface area contributed by atoms with Gasteiger partial charge in [-0.15, -0.1) is 0 Å². The summed E-state index contributed by atoms with van der Waals surface area (Å²) in [6, 6.07) is 0.682. The van der Waals surface area contributed by atoms with E-state index < -0.39 is 0 Å². The molecule has 2 rings (SSSR count). The molecule has 17 heavy (non-hydrogen) atoms. The van der Waals surface area contributed by atoms with E-state index in [1.165, 1.54) is 45.2 Å². The Morgan fingerprint density at radius 1 is 1.41 bits per heavy atom. The van der Waals surface area contributed by atoms with Crippen LogP contribution in [0.3, 0.4) is 0 Å². The molecule has 2 atom stereocenters. The van der Waals surface area contributed by atoms with Crippen LogP contribution < -0.4 is 10.6 Å². The van der Waals surface area contributed by atoms with Crippen molar-refractivity contribution < 1.29 is 4.74 Å². The predicted molar refractivity (Wildman–Crippen MR) is 71.2 cm³/mol. The first kappa shape index (κ1) is 13.3. The van der Waals surface area contributed by atoms with Gasteiger partial charge < -0.3 is 15.4 Å². The Morgan fingerprint density at radius 2 is 2.24 bits per heavy atom. The summed E-state index contributed by atoms with van der Waals surface area (Å²) in [7, 11) is 1.80. The second-order valence-electron chi connectivity index (χ2n) is 6.05. The van der Waals surface area contributed by atoms with Crippen molar-refractivity contribution in [2.24, 2.45) is 11.3 Å². The molecule has 2 fully saturated rings. The van der Waals surface area contributed by atoms with E-state index in [0.717, 1.165) is 19.1 Å². The molecule has 3 heteroatoms. The molecular formula is C14H28N2O. The zero-order valence-electron chi connectivity index (χ0n) is 11.4. The van der Waals surface area contributed by atoms with Gasteiger partial charge in [0.1, 0.15) is 0 Å². The third-order valence-corrected chi connectivity index (χ3v) is 4.59. The van der Waals surface area contributed by atoms with Gasteiger partial charge in [-0.1, -0.05) is 6.92 Å². The molecule has 100 valence electrons. The fourth-order valence-electron chi connectivity index (χ4n) is 2.89. The lowest BCUT2D eigenvalue weighted by molar-refractivity contribution is 0.170. The van der Waals surface area contributed by atoms with E-state index in [1.54, 1.807) is 7.11 Å². The normalized spacial score (nSPS) is 31.4. The summed E-state index contributed by atoms with van der Waals surface area (Å²) in [6.45, 7) is 6.80. The topological polar surface area (TPSA) is 33.3 Å². The third kappa shape index (κ3) is 3.94. The first-order valence-electron chi connectivity index (χ1n) is 7.19. The highest BCUT2D eigenvalue weighted by atomic mass is 16.5. The number of methoxy groups -OCH3 is 1. The second kappa shape index (κ2) is 6.17. The molecule has 0 amide bonds. The zero-order valence-corrected chi connectivity index (χ0v) is 11.4. The van der Waals surface area contributed by atoms with Crippen LogP contribution in [0.2, 0.25) is 0 Å². The molecular weight excluding hydrogens is 212 g/mol. The van der Waals surface area contributed by atoms with Gasteiger partial charge in [0.2, 0.25) is 0 Å². The monoisotopic (exact) mass is 240 g/mol. The standard InChI is InChI=1S/C14H28N2O/c1-12-4-3-8-16-13(12)10-15-11-14(5-6-14)7-9-17-2/h12-13,15-16H,3-11H2,1-2H3. The van der Waals surface area contributed by atoms with Gasteiger partial charge in [-0.2, -0.15) is 0 Å². The lowest BCUT2D eigenvalue weighted by Gasteiger charge is -2.31. The first-order chi connectivity index (χ1) is 8.26. The fraction of sp³-hybridized carbons (Fsp3) is 1.00. The highest BCUT2D eigenvalue weighted by Crippen LogP contribution is 2.48. The lowest BCUT2D eigenvalue weighted by Crippen LogP contribution is -2.47. The van der Waals surface area contributed by atoms with E-state index in [2.05, 4.69) is 17.6 Å². The van der Waals surface area contributed by atoms with Crippen LogP contribution in [-0.2, 0) is 4.74 Å². The molecule has 2 unspecified atom stereocenters. The summed E-state index contributed by atoms with van der Waals surface area (Å²) in [6.07, 6.45) is 6.72. The highest BCUT2D eigenvalue weighted by Gasteiger charge is 2.41. The van der Waals surface area contributed by atoms with Crippen molar-refractivity contribution >= 4 is 0 Å². The smallest absolute Gasteiger partial charge is 0.0468 e. The van der Waals surface area contributed by atoms with Gasteiger partial charge in [-0.3, -0.25) is 0 Å². The maximum atomic E-state index is 5.19. The fourth-order valence-corrected chi connectivity index (χ4v) is 2.89. The van der Waals surface area contributed by atoms with Crippen molar-refractivity contribution in [2.45, 2.75) is 45.1 Å². The van der Waals surface area contributed by atoms with Crippen LogP contribution in [0.5, 0.6) is 0 Å². The number of rotatable bonds is 7. The molecule has 0 aromatic carbocycles. The Balaban J connectivity index is 1.62. The molecule has 1 saturated heterocycles. The largest absolute Gasteiger partial charge is 0.385 e. The molecule has 0 aromatic rings. The van der Waals surface area contributed by atoms with Crippen LogP contribution in [0.4, 0.5) is 0 Å². The zero-order chi connectivity index (χ0) is 12.1. The van der Waals surface area contributed by atoms with Crippen LogP contribution >= 0.6 is 0 Å². The Kier molecular flexibility index (Phi) is 4.83. The Hall–Kier alpha value is -0.120. The van der Waals surface area contributed by atoms with Crippen LogP contribution in [0.15, 0.2) is 0 Å². The Bertz CT molecular complexity index is 228. The summed E-state index contributed by atoms with van der Waals surface area (Å²) in [4.78, 5) is 0. The summed E-state index contributed by atoms with van der Waals surface area (Å²) in [5.41, 5.74) is 0.577. The number of nitrogens with one attached hydrogen (secondary N) is 2. The average Bonchev–Trinajstić information content (AvgIpc) is 3.10. The van der Waals surface area contributed by atoms with Gasteiger partial charge >= 0.3 is 0 Å². The summed E-state index contributed by atoms with van der Waals surface area (Å²) in [5.74, 6) is 0.824. The summed E-state index contributed by atoms with van der Waals surface area (Å²) in [5, 5.41) is 7.31. The van der Waals surface area contributed by atoms with E-state index in [0.29, 0.717) is 11.5 Å². The molecule has 0 spiro atoms. The molecule has 2 aliphatic rings. The van der Waals surface area contributed by atoms with E-state index >= 15 is 0 Å². The molecule has 3 nitrogen and oxygen atoms in total. The maximum Gasteiger partial charge on any atom is 0.0468 e. The minimum Gasteiger partial charge on any atom is -0.385 e. The van der Waals surface area contributed by atoms with Crippen molar-refractivity contribution in [1.29, 1.82) is 0 Å². The molecule has 2 N–H and O–H groups in total. The third-order valence-electron chi connectivity index (χ3n) is 4.59. The van der Waals surface area contributed by atoms with Gasteiger partial charge in [0.05, 0.1) is 0 Å². The number of hydrogen-bond acceptors (Lipinski definition) is 3. The van der Waals surface area contributed by atoms with Gasteiger partial charge in [-0.25, -0.2) is 0 Å². The molecule has 1 saturated carbocycles. The summed E-state index contributed by atoms with van der Waals surface area (Å²) < 4.78 is 5.19. The molecule has 0 aromatic heterocycles. The molecule has 0 bridgehead atoms. The van der Waals surface area contributed by atoms with Crippen LogP contribution in [-0.4, -0.2) is 39.4 Å². The maximum absolute atomic E-state index is 5.19. The van der Waals surface area contributed by atoms with Gasteiger partial charge in [-0.05, 0) is 50.0 Å². The predicted octanol–water partition coefficient (Wildman–Crippen LogP) is 1.78. The van der Waals surface area contributed by atoms with E-state index in [-0.39, 0.29) is 0 Å². The lowest BCUT2D eigenvalue weighted by atomic mass is 9.92. The molecule has 1 aliphatic carbocycles. The minimum absolute atomic E-state index is 0.577. The van der Waals surface area contributed by atoms with E-state index in [9.17, 15) is 0 Å². The Morgan fingerprint density at radius 3 is 2.88 bits per heavy atom. The van der Waals surface area contributed by atoms with Crippen molar-refractivity contribution in [3.8, 4) is 0 Å². The van der Waals surface area contributed by atoms with Gasteiger partial charge in [0.25, 0.3) is 0 Å². The van der Waals surface area contributed by atoms with Gasteiger partial charge in [0, 0.05) is 32.8 Å². The first-order valence-corrected chi connectivity index (χ1v) is 7.19. The SMILES string of the molecule is COCCC1(CNCC2NCCCC2C)CC1. The van der Waals surface area contributed by atoms with Crippen molar-refractivity contribution in [3.05, 3.63) is 0 Å². The van der Waals surface area contributed by atoms with E-state index in [4.69, 9.17) is 4.74 Å². The van der Waals surface area contributed by atoms with Gasteiger partial charge in [0.15, 0.2) is 0 Å². The average molecular weight is 240 g/mol. The van der Waals surface area contributed by atoms with Crippen molar-refractivity contribution in [2.75, 3.05) is 33.4 Å². The molecule has 0 radical (unpaired) electrons. The van der Waals surface area contributed by atoms with Crippen LogP contribution in [0.25, 0.3) is 0 Å². The van der Waals surface area contributed by atoms with Crippen molar-refractivity contribution in [3.63, 3.8) is 0 Å². The highest BCUT2D eigenvalue weighted by molar-refractivity contribution is 4.95. The Labute approximate surface area is 106 Å². The van der Waals surface area contributed by atoms with E-state index in [1.807, 2.05) is 0 Å². The molecule has 1 aliphatic heterocycles. The summed E-state index contributed by atoms with van der Waals surface area (Å²) >= 11 is 0. The van der Waals surface area contributed by atoms with Crippen LogP contribution in [0, 0.1) is 11.3 Å². The molecule has 1 heterocycles. The van der Waals surface area contributed by atoms with Crippen molar-refractivity contribution in [1.82, 2.24) is 10.6 Å². The number of hydrogen-bond donors (Lipinski definition) is 2. The number of ether oxygens (including phenoxy) is 1.